The third-order valence-corrected chi connectivity index (χ3v) is 7.45. The smallest absolute Gasteiger partial charge is 0.300 e. The second-order valence-electron chi connectivity index (χ2n) is 11.0. The van der Waals surface area contributed by atoms with E-state index in [2.05, 4.69) is 32.6 Å². The summed E-state index contributed by atoms with van der Waals surface area (Å²) in [4.78, 5) is 32.9. The lowest BCUT2D eigenvalue weighted by Gasteiger charge is -2.27. The maximum atomic E-state index is 13.6. The molecule has 1 atom stereocenters. The van der Waals surface area contributed by atoms with Crippen LogP contribution in [0.2, 0.25) is 0 Å². The second-order valence-corrected chi connectivity index (χ2v) is 11.0. The summed E-state index contributed by atoms with van der Waals surface area (Å²) in [7, 11) is 3.89. The van der Waals surface area contributed by atoms with Gasteiger partial charge in [-0.2, -0.15) is 0 Å². The molecule has 1 amide bonds. The number of hydrogen-bond donors (Lipinski definition) is 1. The van der Waals surface area contributed by atoms with Crippen LogP contribution < -0.4 is 19.4 Å². The topological polar surface area (TPSA) is 73.3 Å². The maximum absolute atomic E-state index is 13.6. The molecule has 216 valence electrons. The van der Waals surface area contributed by atoms with Gasteiger partial charge in [0.2, 0.25) is 0 Å². The molecule has 0 aromatic heterocycles. The van der Waals surface area contributed by atoms with Gasteiger partial charge in [-0.15, -0.1) is 0 Å². The van der Waals surface area contributed by atoms with Crippen LogP contribution in [0.25, 0.3) is 5.76 Å². The summed E-state index contributed by atoms with van der Waals surface area (Å²) in [6, 6.07) is 19.9. The summed E-state index contributed by atoms with van der Waals surface area (Å²) in [5.41, 5.74) is 4.72. The van der Waals surface area contributed by atoms with Crippen LogP contribution in [0.5, 0.6) is 5.75 Å². The van der Waals surface area contributed by atoms with E-state index >= 15 is 0 Å². The van der Waals surface area contributed by atoms with Crippen LogP contribution in [0.1, 0.15) is 50.4 Å². The number of anilines is 3. The van der Waals surface area contributed by atoms with Crippen molar-refractivity contribution in [1.29, 1.82) is 0 Å². The van der Waals surface area contributed by atoms with Gasteiger partial charge in [-0.1, -0.05) is 26.0 Å². The van der Waals surface area contributed by atoms with Gasteiger partial charge in [0, 0.05) is 49.8 Å². The normalized spacial score (nSPS) is 16.4. The highest BCUT2D eigenvalue weighted by Gasteiger charge is 2.47. The zero-order valence-corrected chi connectivity index (χ0v) is 25.1. The molecule has 7 heteroatoms. The quantitative estimate of drug-likeness (QED) is 0.173. The number of carbonyl (C=O) groups is 2. The fourth-order valence-electron chi connectivity index (χ4n) is 5.15. The summed E-state index contributed by atoms with van der Waals surface area (Å²) in [6.45, 7) is 12.6. The molecule has 0 saturated carbocycles. The number of aliphatic hydroxyl groups is 1. The van der Waals surface area contributed by atoms with E-state index in [1.807, 2.05) is 74.4 Å². The Morgan fingerprint density at radius 2 is 1.54 bits per heavy atom. The van der Waals surface area contributed by atoms with Crippen molar-refractivity contribution in [1.82, 2.24) is 0 Å². The maximum Gasteiger partial charge on any atom is 0.300 e. The zero-order valence-electron chi connectivity index (χ0n) is 25.1. The van der Waals surface area contributed by atoms with Gasteiger partial charge in [0.25, 0.3) is 11.7 Å². The Morgan fingerprint density at radius 3 is 2.07 bits per heavy atom. The van der Waals surface area contributed by atoms with E-state index in [0.29, 0.717) is 23.8 Å². The molecule has 3 aromatic carbocycles. The predicted octanol–water partition coefficient (Wildman–Crippen LogP) is 6.57. The highest BCUT2D eigenvalue weighted by molar-refractivity contribution is 6.51. The van der Waals surface area contributed by atoms with E-state index in [9.17, 15) is 14.7 Å². The molecular formula is C34H41N3O4. The number of benzene rings is 3. The summed E-state index contributed by atoms with van der Waals surface area (Å²) >= 11 is 0. The van der Waals surface area contributed by atoms with Crippen LogP contribution in [-0.4, -0.2) is 50.6 Å². The van der Waals surface area contributed by atoms with Gasteiger partial charge in [-0.25, -0.2) is 0 Å². The molecule has 1 aliphatic heterocycles. The van der Waals surface area contributed by atoms with Crippen LogP contribution >= 0.6 is 0 Å². The summed E-state index contributed by atoms with van der Waals surface area (Å²) in [5.74, 6) is -0.490. The van der Waals surface area contributed by atoms with E-state index in [-0.39, 0.29) is 11.3 Å². The molecule has 1 heterocycles. The number of nitrogens with zero attached hydrogens (tertiary/aromatic N) is 3. The number of ether oxygens (including phenoxy) is 1. The van der Waals surface area contributed by atoms with Crippen molar-refractivity contribution >= 4 is 34.5 Å². The Morgan fingerprint density at radius 1 is 0.927 bits per heavy atom. The zero-order chi connectivity index (χ0) is 29.8. The van der Waals surface area contributed by atoms with Crippen LogP contribution in [0.15, 0.2) is 72.3 Å². The molecule has 41 heavy (non-hydrogen) atoms. The largest absolute Gasteiger partial charge is 0.507 e. The number of rotatable bonds is 10. The van der Waals surface area contributed by atoms with Crippen molar-refractivity contribution in [3.8, 4) is 5.75 Å². The van der Waals surface area contributed by atoms with Crippen molar-refractivity contribution in [2.75, 3.05) is 48.5 Å². The number of Topliss-reactive ketones (excluding diaryl/α,β-unsaturated/α-hetero) is 1. The minimum absolute atomic E-state index is 0.0672. The summed E-state index contributed by atoms with van der Waals surface area (Å²) < 4.78 is 5.90. The van der Waals surface area contributed by atoms with E-state index in [1.54, 1.807) is 18.2 Å². The predicted molar refractivity (Wildman–Crippen MR) is 167 cm³/mol. The molecule has 1 saturated heterocycles. The summed E-state index contributed by atoms with van der Waals surface area (Å²) in [6.07, 6.45) is 0. The van der Waals surface area contributed by atoms with Crippen molar-refractivity contribution in [2.45, 2.75) is 40.7 Å². The van der Waals surface area contributed by atoms with Gasteiger partial charge >= 0.3 is 0 Å². The molecule has 4 rings (SSSR count). The molecule has 0 aliphatic carbocycles. The molecule has 0 bridgehead atoms. The lowest BCUT2D eigenvalue weighted by atomic mass is 9.94. The van der Waals surface area contributed by atoms with E-state index in [4.69, 9.17) is 4.74 Å². The Balaban J connectivity index is 1.84. The van der Waals surface area contributed by atoms with Gasteiger partial charge in [-0.05, 0) is 92.4 Å². The van der Waals surface area contributed by atoms with E-state index in [1.165, 1.54) is 4.90 Å². The van der Waals surface area contributed by atoms with Gasteiger partial charge < -0.3 is 19.6 Å². The van der Waals surface area contributed by atoms with Gasteiger partial charge in [0.15, 0.2) is 0 Å². The van der Waals surface area contributed by atoms with Crippen molar-refractivity contribution < 1.29 is 19.4 Å². The number of aryl methyl sites for hydroxylation is 1. The number of ketones is 1. The standard InChI is InChI=1S/C34H41N3O4/c1-8-36(9-2)27-13-10-24(11-14-27)31-30(32(38)25-12-19-29(23(5)20-25)41-21-22(3)4)33(39)34(40)37(31)28-17-15-26(16-18-28)35(6)7/h10-20,22,31,38H,8-9,21H2,1-7H3/b32-30-. The lowest BCUT2D eigenvalue weighted by Crippen LogP contribution is -2.29. The van der Waals surface area contributed by atoms with Crippen LogP contribution in [0.3, 0.4) is 0 Å². The molecule has 1 unspecified atom stereocenters. The van der Waals surface area contributed by atoms with Crippen LogP contribution in [0, 0.1) is 12.8 Å². The van der Waals surface area contributed by atoms with Gasteiger partial charge in [0.1, 0.15) is 11.5 Å². The van der Waals surface area contributed by atoms with Crippen molar-refractivity contribution in [2.24, 2.45) is 5.92 Å². The number of amides is 1. The first kappa shape index (κ1) is 29.7. The first-order valence-electron chi connectivity index (χ1n) is 14.2. The van der Waals surface area contributed by atoms with Crippen molar-refractivity contribution in [3.63, 3.8) is 0 Å². The highest BCUT2D eigenvalue weighted by Crippen LogP contribution is 2.43. The Bertz CT molecular complexity index is 1420. The fourth-order valence-corrected chi connectivity index (χ4v) is 5.15. The molecule has 0 spiro atoms. The van der Waals surface area contributed by atoms with Crippen LogP contribution in [-0.2, 0) is 9.59 Å². The second kappa shape index (κ2) is 12.5. The average molecular weight is 556 g/mol. The monoisotopic (exact) mass is 555 g/mol. The summed E-state index contributed by atoms with van der Waals surface area (Å²) in [5, 5.41) is 11.6. The fraction of sp³-hybridized carbons (Fsp3) is 0.353. The first-order chi connectivity index (χ1) is 19.6. The first-order valence-corrected chi connectivity index (χ1v) is 14.2. The van der Waals surface area contributed by atoms with Crippen LogP contribution in [0.4, 0.5) is 17.1 Å². The minimum atomic E-state index is -0.789. The molecule has 1 fully saturated rings. The number of hydrogen-bond acceptors (Lipinski definition) is 6. The molecule has 7 nitrogen and oxygen atoms in total. The van der Waals surface area contributed by atoms with E-state index in [0.717, 1.165) is 41.3 Å². The number of carbonyl (C=O) groups excluding carboxylic acids is 2. The third kappa shape index (κ3) is 6.09. The SMILES string of the molecule is CCN(CC)c1ccc(C2/C(=C(/O)c3ccc(OCC(C)C)c(C)c3)C(=O)C(=O)N2c2ccc(N(C)C)cc2)cc1. The number of aliphatic hydroxyl groups excluding tert-OH is 1. The Hall–Kier alpha value is -4.26. The molecule has 3 aromatic rings. The molecule has 1 aliphatic rings. The Kier molecular flexibility index (Phi) is 9.06. The molecular weight excluding hydrogens is 514 g/mol. The third-order valence-electron chi connectivity index (χ3n) is 7.45. The van der Waals surface area contributed by atoms with E-state index < -0.39 is 17.7 Å². The molecule has 0 radical (unpaired) electrons. The lowest BCUT2D eigenvalue weighted by molar-refractivity contribution is -0.132. The minimum Gasteiger partial charge on any atom is -0.507 e. The average Bonchev–Trinajstić information content (AvgIpc) is 3.22. The Labute approximate surface area is 243 Å². The van der Waals surface area contributed by atoms with Crippen molar-refractivity contribution in [3.05, 3.63) is 89.0 Å². The molecule has 1 N–H and O–H groups in total. The van der Waals surface area contributed by atoms with Gasteiger partial charge in [-0.3, -0.25) is 14.5 Å². The van der Waals surface area contributed by atoms with Gasteiger partial charge in [0.05, 0.1) is 18.2 Å². The highest BCUT2D eigenvalue weighted by atomic mass is 16.5.